The van der Waals surface area contributed by atoms with Crippen molar-refractivity contribution in [2.24, 2.45) is 0 Å². The summed E-state index contributed by atoms with van der Waals surface area (Å²) >= 11 is 5.78. The second-order valence-electron chi connectivity index (χ2n) is 6.77. The van der Waals surface area contributed by atoms with E-state index >= 15 is 0 Å². The molecule has 0 radical (unpaired) electrons. The molecule has 1 saturated heterocycles. The van der Waals surface area contributed by atoms with Crippen LogP contribution in [0.15, 0.2) is 41.0 Å². The van der Waals surface area contributed by atoms with Crippen LogP contribution in [0, 0.1) is 0 Å². The number of furan rings is 1. The van der Waals surface area contributed by atoms with Gasteiger partial charge in [-0.05, 0) is 57.3 Å². The first-order valence-corrected chi connectivity index (χ1v) is 9.51. The summed E-state index contributed by atoms with van der Waals surface area (Å²) in [6, 6.07) is 9.93. The molecule has 1 aliphatic rings. The minimum Gasteiger partial charge on any atom is -0.497 e. The van der Waals surface area contributed by atoms with E-state index in [9.17, 15) is 0 Å². The number of thiocarbonyl (C=S) groups is 1. The van der Waals surface area contributed by atoms with E-state index < -0.39 is 0 Å². The van der Waals surface area contributed by atoms with Crippen LogP contribution < -0.4 is 14.8 Å². The van der Waals surface area contributed by atoms with Crippen molar-refractivity contribution in [3.63, 3.8) is 0 Å². The van der Waals surface area contributed by atoms with Gasteiger partial charge in [-0.1, -0.05) is 0 Å². The third-order valence-corrected chi connectivity index (χ3v) is 5.24. The molecule has 0 bridgehead atoms. The van der Waals surface area contributed by atoms with E-state index in [1.165, 1.54) is 0 Å². The van der Waals surface area contributed by atoms with E-state index in [4.69, 9.17) is 26.1 Å². The highest BCUT2D eigenvalue weighted by Crippen LogP contribution is 2.27. The Labute approximate surface area is 166 Å². The number of anilines is 1. The number of hydrogen-bond donors (Lipinski definition) is 1. The maximum absolute atomic E-state index is 5.78. The molecule has 0 atom stereocenters. The summed E-state index contributed by atoms with van der Waals surface area (Å²) in [7, 11) is 5.43. The van der Waals surface area contributed by atoms with E-state index in [1.807, 2.05) is 30.3 Å². The van der Waals surface area contributed by atoms with Gasteiger partial charge in [-0.2, -0.15) is 0 Å². The minimum atomic E-state index is 0.374. The Morgan fingerprint density at radius 2 is 1.89 bits per heavy atom. The van der Waals surface area contributed by atoms with Gasteiger partial charge in [0.15, 0.2) is 5.11 Å². The number of rotatable bonds is 6. The Kier molecular flexibility index (Phi) is 6.58. The Morgan fingerprint density at radius 3 is 2.44 bits per heavy atom. The van der Waals surface area contributed by atoms with Gasteiger partial charge in [-0.3, -0.25) is 0 Å². The van der Waals surface area contributed by atoms with Crippen LogP contribution in [0.2, 0.25) is 0 Å². The van der Waals surface area contributed by atoms with Crippen LogP contribution in [0.4, 0.5) is 5.69 Å². The van der Waals surface area contributed by atoms with Gasteiger partial charge in [0.2, 0.25) is 0 Å². The summed E-state index contributed by atoms with van der Waals surface area (Å²) in [5, 5.41) is 4.03. The van der Waals surface area contributed by atoms with Gasteiger partial charge < -0.3 is 29.0 Å². The molecule has 7 heteroatoms. The number of hydrogen-bond acceptors (Lipinski definition) is 5. The molecule has 0 amide bonds. The number of benzene rings is 1. The maximum Gasteiger partial charge on any atom is 0.174 e. The number of nitrogens with one attached hydrogen (secondary N) is 1. The maximum atomic E-state index is 5.78. The molecule has 0 spiro atoms. The van der Waals surface area contributed by atoms with E-state index in [2.05, 4.69) is 22.2 Å². The lowest BCUT2D eigenvalue weighted by molar-refractivity contribution is 0.168. The summed E-state index contributed by atoms with van der Waals surface area (Å²) in [6.45, 7) is 2.78. The van der Waals surface area contributed by atoms with Crippen LogP contribution in [0.1, 0.15) is 18.6 Å². The molecule has 1 fully saturated rings. The number of ether oxygens (including phenoxy) is 2. The predicted molar refractivity (Wildman–Crippen MR) is 111 cm³/mol. The fourth-order valence-corrected chi connectivity index (χ4v) is 3.65. The van der Waals surface area contributed by atoms with Gasteiger partial charge in [0.25, 0.3) is 0 Å². The summed E-state index contributed by atoms with van der Waals surface area (Å²) in [6.07, 6.45) is 3.84. The van der Waals surface area contributed by atoms with Crippen LogP contribution >= 0.6 is 12.2 Å². The quantitative estimate of drug-likeness (QED) is 0.758. The molecule has 0 saturated carbocycles. The predicted octanol–water partition coefficient (Wildman–Crippen LogP) is 3.59. The van der Waals surface area contributed by atoms with Gasteiger partial charge in [-0.15, -0.1) is 0 Å². The summed E-state index contributed by atoms with van der Waals surface area (Å²) in [4.78, 5) is 4.58. The number of piperidine rings is 1. The summed E-state index contributed by atoms with van der Waals surface area (Å²) < 4.78 is 16.3. The monoisotopic (exact) mass is 389 g/mol. The number of likely N-dealkylation sites (tertiary alicyclic amines) is 1. The molecule has 1 aromatic heterocycles. The second-order valence-corrected chi connectivity index (χ2v) is 7.16. The van der Waals surface area contributed by atoms with Crippen molar-refractivity contribution in [1.29, 1.82) is 0 Å². The van der Waals surface area contributed by atoms with Gasteiger partial charge in [0.05, 0.1) is 27.0 Å². The van der Waals surface area contributed by atoms with Crippen LogP contribution in [0.3, 0.4) is 0 Å². The topological polar surface area (TPSA) is 50.1 Å². The standard InChI is InChI=1S/C20H27N3O3S/c1-22-8-6-16(7-9-22)23(14-17-5-4-10-26-17)20(27)21-15-11-18(24-2)13-19(12-15)25-3/h4-5,10-13,16H,6-9,14H2,1-3H3,(H,21,27). The molecule has 27 heavy (non-hydrogen) atoms. The Balaban J connectivity index is 1.78. The second kappa shape index (κ2) is 9.10. The average Bonchev–Trinajstić information content (AvgIpc) is 3.19. The minimum absolute atomic E-state index is 0.374. The van der Waals surface area contributed by atoms with Gasteiger partial charge in [0, 0.05) is 29.9 Å². The molecule has 3 rings (SSSR count). The van der Waals surface area contributed by atoms with Crippen LogP contribution in [0.5, 0.6) is 11.5 Å². The molecular formula is C20H27N3O3S. The molecule has 6 nitrogen and oxygen atoms in total. The highest BCUT2D eigenvalue weighted by Gasteiger charge is 2.26. The Hall–Kier alpha value is -2.25. The molecule has 0 aliphatic carbocycles. The number of nitrogens with zero attached hydrogens (tertiary/aromatic N) is 2. The molecule has 1 aliphatic heterocycles. The lowest BCUT2D eigenvalue weighted by Crippen LogP contribution is -2.47. The van der Waals surface area contributed by atoms with Crippen LogP contribution in [-0.4, -0.2) is 55.3 Å². The molecule has 1 aromatic carbocycles. The lowest BCUT2D eigenvalue weighted by Gasteiger charge is -2.38. The highest BCUT2D eigenvalue weighted by molar-refractivity contribution is 7.80. The Bertz CT molecular complexity index is 721. The van der Waals surface area contributed by atoms with Gasteiger partial charge in [0.1, 0.15) is 17.3 Å². The van der Waals surface area contributed by atoms with E-state index in [0.29, 0.717) is 17.7 Å². The zero-order chi connectivity index (χ0) is 19.2. The van der Waals surface area contributed by atoms with Crippen molar-refractivity contribution in [3.05, 3.63) is 42.4 Å². The Morgan fingerprint density at radius 1 is 1.22 bits per heavy atom. The van der Waals surface area contributed by atoms with Crippen molar-refractivity contribution >= 4 is 23.0 Å². The fourth-order valence-electron chi connectivity index (χ4n) is 3.32. The third-order valence-electron chi connectivity index (χ3n) is 4.90. The van der Waals surface area contributed by atoms with E-state index in [1.54, 1.807) is 20.5 Å². The SMILES string of the molecule is COc1cc(NC(=S)N(Cc2ccco2)C2CCN(C)CC2)cc(OC)c1. The highest BCUT2D eigenvalue weighted by atomic mass is 32.1. The molecule has 146 valence electrons. The van der Waals surface area contributed by atoms with Crippen molar-refractivity contribution in [1.82, 2.24) is 9.80 Å². The van der Waals surface area contributed by atoms with E-state index in [0.717, 1.165) is 48.9 Å². The lowest BCUT2D eigenvalue weighted by atomic mass is 10.0. The largest absolute Gasteiger partial charge is 0.497 e. The summed E-state index contributed by atoms with van der Waals surface area (Å²) in [5.41, 5.74) is 0.841. The van der Waals surface area contributed by atoms with Crippen molar-refractivity contribution in [3.8, 4) is 11.5 Å². The third kappa shape index (κ3) is 5.14. The molecular weight excluding hydrogens is 362 g/mol. The van der Waals surface area contributed by atoms with Crippen molar-refractivity contribution < 1.29 is 13.9 Å². The number of methoxy groups -OCH3 is 2. The molecule has 0 unspecified atom stereocenters. The van der Waals surface area contributed by atoms with Crippen LogP contribution in [-0.2, 0) is 6.54 Å². The first-order valence-electron chi connectivity index (χ1n) is 9.10. The average molecular weight is 390 g/mol. The molecule has 1 N–H and O–H groups in total. The zero-order valence-electron chi connectivity index (χ0n) is 16.1. The first kappa shape index (κ1) is 19.5. The molecule has 2 aromatic rings. The van der Waals surface area contributed by atoms with Crippen LogP contribution in [0.25, 0.3) is 0 Å². The van der Waals surface area contributed by atoms with E-state index in [-0.39, 0.29) is 0 Å². The molecule has 2 heterocycles. The van der Waals surface area contributed by atoms with Crippen molar-refractivity contribution in [2.75, 3.05) is 39.7 Å². The van der Waals surface area contributed by atoms with Gasteiger partial charge in [-0.25, -0.2) is 0 Å². The summed E-state index contributed by atoms with van der Waals surface area (Å²) in [5.74, 6) is 2.34. The zero-order valence-corrected chi connectivity index (χ0v) is 16.9. The fraction of sp³-hybridized carbons (Fsp3) is 0.450. The van der Waals surface area contributed by atoms with Gasteiger partial charge >= 0.3 is 0 Å². The van der Waals surface area contributed by atoms with Crippen molar-refractivity contribution in [2.45, 2.75) is 25.4 Å². The first-order chi connectivity index (χ1) is 13.1. The normalized spacial score (nSPS) is 15.4. The smallest absolute Gasteiger partial charge is 0.174 e.